The molecule has 37 heavy (non-hydrogen) atoms. The van der Waals surface area contributed by atoms with Crippen LogP contribution in [-0.4, -0.2) is 64.7 Å². The minimum atomic E-state index is -0.897. The van der Waals surface area contributed by atoms with Crippen molar-refractivity contribution in [3.05, 3.63) is 71.9 Å². The lowest BCUT2D eigenvalue weighted by atomic mass is 10.0. The molecule has 2 saturated heterocycles. The maximum absolute atomic E-state index is 13.6. The van der Waals surface area contributed by atoms with Crippen molar-refractivity contribution in [2.24, 2.45) is 0 Å². The molecule has 4 amide bonds. The summed E-state index contributed by atoms with van der Waals surface area (Å²) in [5.41, 5.74) is 2.71. The molecule has 2 fully saturated rings. The van der Waals surface area contributed by atoms with Gasteiger partial charge in [-0.25, -0.2) is 0 Å². The maximum Gasteiger partial charge on any atom is 0.243 e. The number of amides is 4. The summed E-state index contributed by atoms with van der Waals surface area (Å²) in [6.07, 6.45) is 3.73. The third-order valence-electron chi connectivity index (χ3n) is 7.16. The summed E-state index contributed by atoms with van der Waals surface area (Å²) in [4.78, 5) is 57.7. The van der Waals surface area contributed by atoms with Crippen molar-refractivity contribution in [3.63, 3.8) is 0 Å². The van der Waals surface area contributed by atoms with Crippen molar-refractivity contribution >= 4 is 34.5 Å². The van der Waals surface area contributed by atoms with E-state index in [4.69, 9.17) is 0 Å². The molecule has 3 aromatic rings. The van der Waals surface area contributed by atoms with Gasteiger partial charge in [-0.2, -0.15) is 0 Å². The summed E-state index contributed by atoms with van der Waals surface area (Å²) in [5, 5.41) is 9.57. The molecule has 3 atom stereocenters. The molecule has 0 aliphatic carbocycles. The number of fused-ring (bicyclic) bond motifs is 2. The van der Waals surface area contributed by atoms with Crippen molar-refractivity contribution in [2.75, 3.05) is 13.1 Å². The zero-order valence-electron chi connectivity index (χ0n) is 20.5. The van der Waals surface area contributed by atoms with E-state index in [1.54, 1.807) is 4.90 Å². The molecule has 5 rings (SSSR count). The van der Waals surface area contributed by atoms with Crippen LogP contribution in [0.3, 0.4) is 0 Å². The van der Waals surface area contributed by atoms with Gasteiger partial charge in [-0.15, -0.1) is 0 Å². The van der Waals surface area contributed by atoms with Crippen molar-refractivity contribution in [1.82, 2.24) is 25.8 Å². The van der Waals surface area contributed by atoms with Crippen LogP contribution < -0.4 is 16.0 Å². The minimum absolute atomic E-state index is 0.0940. The fourth-order valence-corrected chi connectivity index (χ4v) is 5.23. The number of nitrogens with zero attached hydrogens (tertiary/aromatic N) is 1. The summed E-state index contributed by atoms with van der Waals surface area (Å²) in [6.45, 7) is 0.625. The van der Waals surface area contributed by atoms with E-state index in [-0.39, 0.29) is 43.5 Å². The number of hydrogen-bond donors (Lipinski definition) is 4. The SMILES string of the molecule is O=C1NCCC(=O)N2CCC[C@@H]2C(=O)N[C@@H](Cc2ccccc2)C(=O)N[C@H]1Cc1c[nH]c2ccccc12. The zero-order valence-corrected chi connectivity index (χ0v) is 20.5. The second kappa shape index (κ2) is 10.9. The Hall–Kier alpha value is -4.14. The maximum atomic E-state index is 13.6. The third-order valence-corrected chi connectivity index (χ3v) is 7.16. The van der Waals surface area contributed by atoms with Crippen LogP contribution in [0.4, 0.5) is 0 Å². The molecule has 4 N–H and O–H groups in total. The molecule has 192 valence electrons. The van der Waals surface area contributed by atoms with Gasteiger partial charge in [0.1, 0.15) is 18.1 Å². The van der Waals surface area contributed by atoms with Crippen molar-refractivity contribution in [3.8, 4) is 0 Å². The van der Waals surface area contributed by atoms with Crippen molar-refractivity contribution in [2.45, 2.75) is 50.2 Å². The van der Waals surface area contributed by atoms with E-state index in [9.17, 15) is 19.2 Å². The quantitative estimate of drug-likeness (QED) is 0.432. The predicted molar refractivity (Wildman–Crippen MR) is 138 cm³/mol. The normalized spacial score (nSPS) is 23.4. The molecule has 1 aromatic heterocycles. The van der Waals surface area contributed by atoms with Crippen LogP contribution in [0.2, 0.25) is 0 Å². The highest BCUT2D eigenvalue weighted by Gasteiger charge is 2.37. The van der Waals surface area contributed by atoms with E-state index in [1.807, 2.05) is 60.8 Å². The Morgan fingerprint density at radius 2 is 1.54 bits per heavy atom. The average Bonchev–Trinajstić information content (AvgIpc) is 3.56. The first-order valence-corrected chi connectivity index (χ1v) is 12.8. The monoisotopic (exact) mass is 501 g/mol. The number of para-hydroxylation sites is 1. The smallest absolute Gasteiger partial charge is 0.243 e. The molecule has 0 unspecified atom stereocenters. The molecule has 2 aromatic carbocycles. The lowest BCUT2D eigenvalue weighted by Crippen LogP contribution is -2.56. The zero-order chi connectivity index (χ0) is 25.8. The van der Waals surface area contributed by atoms with Gasteiger partial charge in [0.15, 0.2) is 0 Å². The summed E-state index contributed by atoms with van der Waals surface area (Å²) >= 11 is 0. The first-order valence-electron chi connectivity index (χ1n) is 12.8. The van der Waals surface area contributed by atoms with E-state index in [1.165, 1.54) is 0 Å². The van der Waals surface area contributed by atoms with Gasteiger partial charge in [0.25, 0.3) is 0 Å². The third kappa shape index (κ3) is 5.50. The fraction of sp³-hybridized carbons (Fsp3) is 0.357. The van der Waals surface area contributed by atoms with Gasteiger partial charge in [0.2, 0.25) is 23.6 Å². The lowest BCUT2D eigenvalue weighted by molar-refractivity contribution is -0.139. The molecule has 3 heterocycles. The Morgan fingerprint density at radius 1 is 0.811 bits per heavy atom. The molecule has 0 radical (unpaired) electrons. The molecular weight excluding hydrogens is 470 g/mol. The highest BCUT2D eigenvalue weighted by Crippen LogP contribution is 2.21. The Balaban J connectivity index is 1.44. The first kappa shape index (κ1) is 24.5. The topological polar surface area (TPSA) is 123 Å². The van der Waals surface area contributed by atoms with Crippen molar-refractivity contribution in [1.29, 1.82) is 0 Å². The number of rotatable bonds is 4. The summed E-state index contributed by atoms with van der Waals surface area (Å²) in [5.74, 6) is -1.32. The number of aromatic nitrogens is 1. The number of carbonyl (C=O) groups excluding carboxylic acids is 4. The summed E-state index contributed by atoms with van der Waals surface area (Å²) < 4.78 is 0. The fourth-order valence-electron chi connectivity index (χ4n) is 5.23. The number of nitrogens with one attached hydrogen (secondary N) is 4. The van der Waals surface area contributed by atoms with E-state index in [0.29, 0.717) is 13.0 Å². The van der Waals surface area contributed by atoms with Crippen LogP contribution >= 0.6 is 0 Å². The minimum Gasteiger partial charge on any atom is -0.361 e. The van der Waals surface area contributed by atoms with Gasteiger partial charge >= 0.3 is 0 Å². The second-order valence-electron chi connectivity index (χ2n) is 9.66. The first-order chi connectivity index (χ1) is 18.0. The summed E-state index contributed by atoms with van der Waals surface area (Å²) in [7, 11) is 0. The Bertz CT molecular complexity index is 1300. The number of hydrogen-bond acceptors (Lipinski definition) is 4. The molecule has 0 saturated carbocycles. The number of carbonyl (C=O) groups is 4. The number of aromatic amines is 1. The Morgan fingerprint density at radius 3 is 2.38 bits per heavy atom. The predicted octanol–water partition coefficient (Wildman–Crippen LogP) is 1.43. The number of H-pyrrole nitrogens is 1. The summed E-state index contributed by atoms with van der Waals surface area (Å²) in [6, 6.07) is 14.8. The molecule has 0 bridgehead atoms. The van der Waals surface area contributed by atoms with Crippen molar-refractivity contribution < 1.29 is 19.2 Å². The standard InChI is InChI=1S/C28H31N5O4/c34-25-12-13-29-26(35)23(16-19-17-30-21-10-5-4-9-20(19)21)31-27(36)22(15-18-7-2-1-3-8-18)32-28(37)24-11-6-14-33(24)25/h1-5,7-10,17,22-24,30H,6,11-16H2,(H,29,35)(H,31,36)(H,32,37)/t22-,23-,24+/m0/s1. The van der Waals surface area contributed by atoms with Crippen LogP contribution in [-0.2, 0) is 32.0 Å². The van der Waals surface area contributed by atoms with Gasteiger partial charge in [0, 0.05) is 49.5 Å². The van der Waals surface area contributed by atoms with E-state index < -0.39 is 24.0 Å². The van der Waals surface area contributed by atoms with Gasteiger partial charge in [0.05, 0.1) is 0 Å². The molecule has 2 aliphatic rings. The molecular formula is C28H31N5O4. The second-order valence-corrected chi connectivity index (χ2v) is 9.66. The van der Waals surface area contributed by atoms with Crippen LogP contribution in [0.5, 0.6) is 0 Å². The largest absolute Gasteiger partial charge is 0.361 e. The van der Waals surface area contributed by atoms with Crippen LogP contribution in [0.15, 0.2) is 60.8 Å². The van der Waals surface area contributed by atoms with Crippen LogP contribution in [0.1, 0.15) is 30.4 Å². The van der Waals surface area contributed by atoms with E-state index in [0.717, 1.165) is 28.5 Å². The highest BCUT2D eigenvalue weighted by atomic mass is 16.2. The van der Waals surface area contributed by atoms with Gasteiger partial charge < -0.3 is 25.8 Å². The van der Waals surface area contributed by atoms with Gasteiger partial charge in [-0.05, 0) is 30.0 Å². The van der Waals surface area contributed by atoms with Gasteiger partial charge in [-0.1, -0.05) is 48.5 Å². The van der Waals surface area contributed by atoms with E-state index >= 15 is 0 Å². The Kier molecular flexibility index (Phi) is 7.20. The van der Waals surface area contributed by atoms with Gasteiger partial charge in [-0.3, -0.25) is 19.2 Å². The number of benzene rings is 2. The van der Waals surface area contributed by atoms with E-state index in [2.05, 4.69) is 20.9 Å². The molecule has 0 spiro atoms. The Labute approximate surface area is 215 Å². The lowest BCUT2D eigenvalue weighted by Gasteiger charge is -2.26. The average molecular weight is 502 g/mol. The molecule has 9 nitrogen and oxygen atoms in total. The van der Waals surface area contributed by atoms with Crippen LogP contribution in [0, 0.1) is 0 Å². The van der Waals surface area contributed by atoms with Crippen LogP contribution in [0.25, 0.3) is 10.9 Å². The highest BCUT2D eigenvalue weighted by molar-refractivity contribution is 5.95. The molecule has 2 aliphatic heterocycles. The molecule has 9 heteroatoms.